The normalized spacial score (nSPS) is 11.2. The summed E-state index contributed by atoms with van der Waals surface area (Å²) in [6.45, 7) is 0. The number of rotatable bonds is 0. The van der Waals surface area contributed by atoms with Crippen LogP contribution in [0.2, 0.25) is 0 Å². The molecule has 0 bridgehead atoms. The first kappa shape index (κ1) is 4.39. The fraction of sp³-hybridized carbons (Fsp3) is 0. The van der Waals surface area contributed by atoms with E-state index in [-0.39, 0.29) is 0 Å². The van der Waals surface area contributed by atoms with Crippen LogP contribution in [0.1, 0.15) is 0 Å². The Morgan fingerprint density at radius 1 is 1.00 bits per heavy atom. The van der Waals surface area contributed by atoms with Gasteiger partial charge in [0, 0.05) is 0 Å². The van der Waals surface area contributed by atoms with Crippen molar-refractivity contribution >= 4 is 0 Å². The summed E-state index contributed by atoms with van der Waals surface area (Å²) in [5, 5.41) is 0. The molecule has 0 saturated heterocycles. The maximum absolute atomic E-state index is 7.23. The fourth-order valence-electron chi connectivity index (χ4n) is 0. The van der Waals surface area contributed by atoms with E-state index in [1.807, 2.05) is 0 Å². The van der Waals surface area contributed by atoms with Crippen LogP contribution in [0.25, 0.3) is 0 Å². The van der Waals surface area contributed by atoms with E-state index in [0.29, 0.717) is 0 Å². The van der Waals surface area contributed by atoms with Gasteiger partial charge in [0.15, 0.2) is 0 Å². The molecule has 0 heterocycles. The van der Waals surface area contributed by atoms with Crippen LogP contribution in [0.3, 0.4) is 0 Å². The van der Waals surface area contributed by atoms with Gasteiger partial charge in [-0.05, 0) is 0 Å². The standard InChI is InChI=1S/Co.3H2O/h;3*1H2/q+3;;;/p-3. The molecule has 0 saturated carbocycles. The van der Waals surface area contributed by atoms with Gasteiger partial charge in [-0.2, -0.15) is 0 Å². The zero-order valence-electron chi connectivity index (χ0n) is 1.67. The molecule has 4 heavy (non-hydrogen) atoms. The number of hydrogen-bond donors (Lipinski definition) is 3. The van der Waals surface area contributed by atoms with Gasteiger partial charge in [-0.25, -0.2) is 0 Å². The van der Waals surface area contributed by atoms with Gasteiger partial charge < -0.3 is 0 Å². The van der Waals surface area contributed by atoms with Gasteiger partial charge >= 0.3 is 27.3 Å². The van der Waals surface area contributed by atoms with Crippen LogP contribution in [-0.4, -0.2) is 12.7 Å². The van der Waals surface area contributed by atoms with Gasteiger partial charge in [0.05, 0.1) is 0 Å². The van der Waals surface area contributed by atoms with Gasteiger partial charge in [-0.1, -0.05) is 0 Å². The van der Waals surface area contributed by atoms with Crippen molar-refractivity contribution in [3.8, 4) is 0 Å². The monoisotopic (exact) mass is 110 g/mol. The van der Waals surface area contributed by atoms with E-state index in [9.17, 15) is 0 Å². The average molecular weight is 110 g/mol. The van der Waals surface area contributed by atoms with Crippen molar-refractivity contribution in [1.82, 2.24) is 0 Å². The molecule has 0 aliphatic carbocycles. The minimum atomic E-state index is -2.60. The predicted molar refractivity (Wildman–Crippen MR) is 6.66 cm³/mol. The Kier molecular flexibility index (Phi) is 1.84. The van der Waals surface area contributed by atoms with E-state index in [1.54, 1.807) is 0 Å². The molecule has 0 unspecified atom stereocenters. The summed E-state index contributed by atoms with van der Waals surface area (Å²) in [4.78, 5) is 0. The first-order chi connectivity index (χ1) is 1.73. The summed E-state index contributed by atoms with van der Waals surface area (Å²) in [5.74, 6) is 0. The molecular formula is H3CoO3. The molecule has 0 aliphatic heterocycles. The van der Waals surface area contributed by atoms with Crippen molar-refractivity contribution in [2.75, 3.05) is 0 Å². The van der Waals surface area contributed by atoms with E-state index in [2.05, 4.69) is 0 Å². The van der Waals surface area contributed by atoms with Gasteiger partial charge in [-0.3, -0.25) is 0 Å². The topological polar surface area (TPSA) is 60.7 Å². The zero-order valence-corrected chi connectivity index (χ0v) is 2.72. The van der Waals surface area contributed by atoms with E-state index < -0.39 is 14.6 Å². The number of hydrogen-bond acceptors (Lipinski definition) is 3. The van der Waals surface area contributed by atoms with Gasteiger partial charge in [0.25, 0.3) is 0 Å². The van der Waals surface area contributed by atoms with E-state index in [0.717, 1.165) is 0 Å². The molecule has 0 aromatic rings. The van der Waals surface area contributed by atoms with Crippen LogP contribution in [0, 0.1) is 0 Å². The second-order valence-electron chi connectivity index (χ2n) is 0.200. The predicted octanol–water partition coefficient (Wildman–Crippen LogP) is -1.67. The third kappa shape index (κ3) is 30.7. The molecule has 0 aliphatic rings. The zero-order chi connectivity index (χ0) is 3.58. The first-order valence-corrected chi connectivity index (χ1v) is 1.84. The summed E-state index contributed by atoms with van der Waals surface area (Å²) in [7, 11) is 0. The Balaban J connectivity index is 2.32. The molecule has 0 radical (unpaired) electrons. The van der Waals surface area contributed by atoms with Gasteiger partial charge in [0.1, 0.15) is 0 Å². The SMILES string of the molecule is [OH][Co]([OH])[OH]. The molecular weight excluding hydrogens is 107 g/mol. The van der Waals surface area contributed by atoms with Crippen molar-refractivity contribution in [3.63, 3.8) is 0 Å². The molecule has 0 aromatic carbocycles. The molecule has 0 fully saturated rings. The molecule has 30 valence electrons. The third-order valence-corrected chi connectivity index (χ3v) is 0. The molecule has 3 nitrogen and oxygen atoms in total. The molecule has 4 heteroatoms. The Morgan fingerprint density at radius 2 is 1.00 bits per heavy atom. The van der Waals surface area contributed by atoms with Crippen molar-refractivity contribution in [2.24, 2.45) is 0 Å². The molecule has 0 amide bonds. The van der Waals surface area contributed by atoms with Crippen LogP contribution in [0.5, 0.6) is 0 Å². The molecule has 0 rings (SSSR count). The maximum atomic E-state index is 7.23. The van der Waals surface area contributed by atoms with E-state index >= 15 is 0 Å². The summed E-state index contributed by atoms with van der Waals surface area (Å²) in [5.41, 5.74) is 0. The van der Waals surface area contributed by atoms with E-state index in [1.165, 1.54) is 0 Å². The summed E-state index contributed by atoms with van der Waals surface area (Å²) in [6.07, 6.45) is 0. The Morgan fingerprint density at radius 3 is 1.00 bits per heavy atom. The Hall–Kier alpha value is 0.386. The van der Waals surface area contributed by atoms with Crippen molar-refractivity contribution < 1.29 is 27.3 Å². The average Bonchev–Trinajstić information content (AvgIpc) is 0.811. The fourth-order valence-corrected chi connectivity index (χ4v) is 0. The summed E-state index contributed by atoms with van der Waals surface area (Å²) >= 11 is -2.60. The quantitative estimate of drug-likeness (QED) is 0.349. The molecule has 0 spiro atoms. The van der Waals surface area contributed by atoms with Crippen molar-refractivity contribution in [3.05, 3.63) is 0 Å². The Labute approximate surface area is 28.2 Å². The summed E-state index contributed by atoms with van der Waals surface area (Å²) < 4.78 is 21.7. The van der Waals surface area contributed by atoms with E-state index in [4.69, 9.17) is 12.7 Å². The van der Waals surface area contributed by atoms with Crippen molar-refractivity contribution in [2.45, 2.75) is 0 Å². The Bertz CT molecular complexity index is 8.00. The van der Waals surface area contributed by atoms with Gasteiger partial charge in [0.2, 0.25) is 0 Å². The minimum absolute atomic E-state index is 2.60. The van der Waals surface area contributed by atoms with Crippen LogP contribution in [0.4, 0.5) is 0 Å². The second-order valence-corrected chi connectivity index (χ2v) is 0.825. The van der Waals surface area contributed by atoms with Crippen LogP contribution >= 0.6 is 0 Å². The van der Waals surface area contributed by atoms with Crippen LogP contribution < -0.4 is 0 Å². The molecule has 3 N–H and O–H groups in total. The van der Waals surface area contributed by atoms with Crippen LogP contribution in [-0.2, 0) is 14.6 Å². The summed E-state index contributed by atoms with van der Waals surface area (Å²) in [6, 6.07) is 0. The van der Waals surface area contributed by atoms with Crippen molar-refractivity contribution in [1.29, 1.82) is 0 Å². The molecule has 0 aromatic heterocycles. The first-order valence-electron chi connectivity index (χ1n) is 0.447. The third-order valence-electron chi connectivity index (χ3n) is 0. The molecule has 0 atom stereocenters. The van der Waals surface area contributed by atoms with Gasteiger partial charge in [-0.15, -0.1) is 0 Å². The van der Waals surface area contributed by atoms with Crippen LogP contribution in [0.15, 0.2) is 0 Å². The second kappa shape index (κ2) is 1.68.